The Morgan fingerprint density at radius 2 is 1.85 bits per heavy atom. The number of aliphatic hydroxyl groups excluding tert-OH is 1. The highest BCUT2D eigenvalue weighted by atomic mass is 32.2. The largest absolute Gasteiger partial charge is 0.617 e. The first kappa shape index (κ1) is 19.5. The van der Waals surface area contributed by atoms with Crippen molar-refractivity contribution < 1.29 is 14.4 Å². The molecule has 0 aromatic carbocycles. The molecular formula is C22H38O3S. The second kappa shape index (κ2) is 6.64. The molecule has 1 N–H and O–H groups in total. The van der Waals surface area contributed by atoms with E-state index in [1.165, 1.54) is 44.9 Å². The van der Waals surface area contributed by atoms with Crippen molar-refractivity contribution in [3.8, 4) is 0 Å². The highest BCUT2D eigenvalue weighted by Crippen LogP contribution is 2.72. The van der Waals surface area contributed by atoms with Crippen molar-refractivity contribution in [1.29, 1.82) is 0 Å². The summed E-state index contributed by atoms with van der Waals surface area (Å²) in [5, 5.41) is 11.5. The van der Waals surface area contributed by atoms with Crippen LogP contribution < -0.4 is 0 Å². The number of aliphatic hydroxyl groups is 1. The number of hydrogen-bond donors (Lipinski definition) is 1. The number of fused-ring (bicyclic) bond motifs is 3. The SMILES string of the molecule is COC[C@]1(C)CCC[C@]2(C)[C@@H]1CC[C@@]13CC[C@@H](C[C@@H]21)[C@H](C[S+](C)[O-])[C@H]3O. The lowest BCUT2D eigenvalue weighted by atomic mass is 9.35. The molecule has 2 bridgehead atoms. The molecule has 0 radical (unpaired) electrons. The molecule has 0 aromatic heterocycles. The summed E-state index contributed by atoms with van der Waals surface area (Å²) in [7, 11) is 1.85. The van der Waals surface area contributed by atoms with Crippen LogP contribution in [0.15, 0.2) is 0 Å². The predicted molar refractivity (Wildman–Crippen MR) is 106 cm³/mol. The van der Waals surface area contributed by atoms with Crippen LogP contribution >= 0.6 is 0 Å². The van der Waals surface area contributed by atoms with Crippen molar-refractivity contribution in [1.82, 2.24) is 0 Å². The van der Waals surface area contributed by atoms with Gasteiger partial charge >= 0.3 is 0 Å². The summed E-state index contributed by atoms with van der Waals surface area (Å²) in [6.45, 7) is 5.88. The molecule has 26 heavy (non-hydrogen) atoms. The standard InChI is InChI=1S/C22H38O3S/c1-20(14-25-3)8-5-9-21(2)17(20)7-11-22-10-6-15(12-18(21)22)16(19(22)23)13-26(4)24/h15-19,23H,5-14H2,1-4H3/t15-,16-,17+,18-,19+,20-,21+,22-,26?/m0/s1. The monoisotopic (exact) mass is 382 g/mol. The van der Waals surface area contributed by atoms with E-state index in [9.17, 15) is 9.66 Å². The quantitative estimate of drug-likeness (QED) is 0.748. The molecule has 150 valence electrons. The Hall–Kier alpha value is 0.230. The van der Waals surface area contributed by atoms with Crippen LogP contribution in [0.25, 0.3) is 0 Å². The lowest BCUT2D eigenvalue weighted by Gasteiger charge is -2.70. The number of methoxy groups -OCH3 is 1. The normalized spacial score (nSPS) is 54.5. The van der Waals surface area contributed by atoms with E-state index in [4.69, 9.17) is 4.74 Å². The van der Waals surface area contributed by atoms with Gasteiger partial charge in [-0.1, -0.05) is 31.4 Å². The molecule has 5 rings (SSSR count). The smallest absolute Gasteiger partial charge is 0.110 e. The van der Waals surface area contributed by atoms with E-state index in [1.54, 1.807) is 6.26 Å². The molecule has 0 heterocycles. The zero-order valence-corrected chi connectivity index (χ0v) is 17.9. The van der Waals surface area contributed by atoms with E-state index in [0.29, 0.717) is 28.9 Å². The summed E-state index contributed by atoms with van der Waals surface area (Å²) >= 11 is -0.811. The van der Waals surface area contributed by atoms with E-state index in [0.717, 1.165) is 13.0 Å². The molecule has 0 saturated heterocycles. The molecule has 5 saturated carbocycles. The molecule has 0 aliphatic heterocycles. The van der Waals surface area contributed by atoms with Crippen LogP contribution in [0.5, 0.6) is 0 Å². The van der Waals surface area contributed by atoms with Gasteiger partial charge in [0.25, 0.3) is 0 Å². The van der Waals surface area contributed by atoms with E-state index in [2.05, 4.69) is 13.8 Å². The average Bonchev–Trinajstić information content (AvgIpc) is 2.57. The predicted octanol–water partition coefficient (Wildman–Crippen LogP) is 4.01. The highest BCUT2D eigenvalue weighted by Gasteiger charge is 2.67. The van der Waals surface area contributed by atoms with E-state index >= 15 is 0 Å². The van der Waals surface area contributed by atoms with Gasteiger partial charge in [-0.3, -0.25) is 0 Å². The van der Waals surface area contributed by atoms with Crippen molar-refractivity contribution in [2.75, 3.05) is 25.7 Å². The Balaban J connectivity index is 1.67. The number of hydrogen-bond acceptors (Lipinski definition) is 3. The van der Waals surface area contributed by atoms with Crippen LogP contribution in [-0.2, 0) is 15.9 Å². The second-order valence-corrected chi connectivity index (χ2v) is 12.2. The average molecular weight is 383 g/mol. The van der Waals surface area contributed by atoms with Crippen molar-refractivity contribution in [2.24, 2.45) is 39.9 Å². The summed E-state index contributed by atoms with van der Waals surface area (Å²) in [4.78, 5) is 0. The molecule has 0 aromatic rings. The molecule has 1 spiro atoms. The van der Waals surface area contributed by atoms with Crippen LogP contribution in [-0.4, -0.2) is 41.5 Å². The Morgan fingerprint density at radius 1 is 1.12 bits per heavy atom. The van der Waals surface area contributed by atoms with Gasteiger partial charge in [0.1, 0.15) is 5.75 Å². The Labute approximate surface area is 162 Å². The first-order valence-corrected chi connectivity index (χ1v) is 12.5. The van der Waals surface area contributed by atoms with Crippen LogP contribution in [0.2, 0.25) is 0 Å². The molecule has 5 aliphatic carbocycles. The molecule has 0 amide bonds. The van der Waals surface area contributed by atoms with Gasteiger partial charge in [-0.15, -0.1) is 0 Å². The Morgan fingerprint density at radius 3 is 2.54 bits per heavy atom. The van der Waals surface area contributed by atoms with Gasteiger partial charge < -0.3 is 14.4 Å². The minimum atomic E-state index is -0.811. The summed E-state index contributed by atoms with van der Waals surface area (Å²) in [6.07, 6.45) is 11.5. The van der Waals surface area contributed by atoms with Crippen molar-refractivity contribution in [2.45, 2.75) is 71.3 Å². The minimum Gasteiger partial charge on any atom is -0.617 e. The Kier molecular flexibility index (Phi) is 4.99. The number of ether oxygens (including phenoxy) is 1. The van der Waals surface area contributed by atoms with Crippen molar-refractivity contribution >= 4 is 11.2 Å². The lowest BCUT2D eigenvalue weighted by Crippen LogP contribution is -2.67. The fourth-order valence-corrected chi connectivity index (χ4v) is 9.61. The van der Waals surface area contributed by atoms with Crippen LogP contribution in [0.3, 0.4) is 0 Å². The van der Waals surface area contributed by atoms with Gasteiger partial charge in [-0.25, -0.2) is 0 Å². The van der Waals surface area contributed by atoms with E-state index < -0.39 is 11.2 Å². The maximum Gasteiger partial charge on any atom is 0.110 e. The topological polar surface area (TPSA) is 52.5 Å². The van der Waals surface area contributed by atoms with Gasteiger partial charge in [0, 0.05) is 18.4 Å². The van der Waals surface area contributed by atoms with Gasteiger partial charge in [0.15, 0.2) is 0 Å². The molecule has 3 nitrogen and oxygen atoms in total. The molecular weight excluding hydrogens is 344 g/mol. The lowest BCUT2D eigenvalue weighted by molar-refractivity contribution is -0.243. The maximum atomic E-state index is 11.9. The molecule has 5 aliphatic rings. The fraction of sp³-hybridized carbons (Fsp3) is 1.00. The number of rotatable bonds is 4. The van der Waals surface area contributed by atoms with Gasteiger partial charge in [-0.2, -0.15) is 0 Å². The second-order valence-electron chi connectivity index (χ2n) is 10.7. The molecule has 5 fully saturated rings. The van der Waals surface area contributed by atoms with Crippen molar-refractivity contribution in [3.05, 3.63) is 0 Å². The summed E-state index contributed by atoms with van der Waals surface area (Å²) in [5.41, 5.74) is 0.713. The summed E-state index contributed by atoms with van der Waals surface area (Å²) in [5.74, 6) is 2.89. The first-order valence-electron chi connectivity index (χ1n) is 10.7. The fourth-order valence-electron chi connectivity index (χ4n) is 8.61. The summed E-state index contributed by atoms with van der Waals surface area (Å²) < 4.78 is 17.6. The van der Waals surface area contributed by atoms with Gasteiger partial charge in [0.05, 0.1) is 19.0 Å². The van der Waals surface area contributed by atoms with Gasteiger partial charge in [-0.05, 0) is 73.5 Å². The van der Waals surface area contributed by atoms with Crippen molar-refractivity contribution in [3.63, 3.8) is 0 Å². The third kappa shape index (κ3) is 2.65. The van der Waals surface area contributed by atoms with Crippen LogP contribution in [0, 0.1) is 39.9 Å². The zero-order chi connectivity index (χ0) is 18.7. The molecule has 9 atom stereocenters. The van der Waals surface area contributed by atoms with E-state index in [-0.39, 0.29) is 22.9 Å². The van der Waals surface area contributed by atoms with Crippen LogP contribution in [0.1, 0.15) is 65.2 Å². The first-order chi connectivity index (χ1) is 12.3. The zero-order valence-electron chi connectivity index (χ0n) is 17.1. The summed E-state index contributed by atoms with van der Waals surface area (Å²) in [6, 6.07) is 0. The van der Waals surface area contributed by atoms with E-state index in [1.807, 2.05) is 7.11 Å². The maximum absolute atomic E-state index is 11.9. The third-order valence-corrected chi connectivity index (χ3v) is 10.4. The van der Waals surface area contributed by atoms with Gasteiger partial charge in [0.2, 0.25) is 0 Å². The Bertz CT molecular complexity index is 535. The minimum absolute atomic E-state index is 0.0926. The van der Waals surface area contributed by atoms with Crippen LogP contribution in [0.4, 0.5) is 0 Å². The molecule has 1 unspecified atom stereocenters. The third-order valence-electron chi connectivity index (χ3n) is 9.51. The highest BCUT2D eigenvalue weighted by molar-refractivity contribution is 7.90. The molecule has 4 heteroatoms.